The average molecular weight is 665 g/mol. The second-order valence-electron chi connectivity index (χ2n) is 12.6. The first-order valence-electron chi connectivity index (χ1n) is 15.2. The molecule has 4 N–H and O–H groups in total. The maximum absolute atomic E-state index is 13.9. The highest BCUT2D eigenvalue weighted by atomic mass is 32.2. The Morgan fingerprint density at radius 1 is 0.872 bits per heavy atom. The van der Waals surface area contributed by atoms with Gasteiger partial charge >= 0.3 is 11.9 Å². The van der Waals surface area contributed by atoms with Crippen molar-refractivity contribution in [3.8, 4) is 28.1 Å². The van der Waals surface area contributed by atoms with Crippen molar-refractivity contribution in [2.45, 2.75) is 71.2 Å². The molecule has 0 aliphatic carbocycles. The number of rotatable bonds is 9. The Bertz CT molecular complexity index is 1630. The highest BCUT2D eigenvalue weighted by molar-refractivity contribution is 7.97. The van der Waals surface area contributed by atoms with Gasteiger partial charge in [-0.15, -0.1) is 0 Å². The fraction of sp³-hybridized carbons (Fsp3) is 0.400. The van der Waals surface area contributed by atoms with Crippen LogP contribution in [-0.2, 0) is 17.9 Å². The summed E-state index contributed by atoms with van der Waals surface area (Å²) in [5.74, 6) is -6.78. The van der Waals surface area contributed by atoms with Crippen molar-refractivity contribution in [2.24, 2.45) is 0 Å². The zero-order valence-corrected chi connectivity index (χ0v) is 28.7. The number of nitrogens with zero attached hydrogens (tertiary/aromatic N) is 4. The van der Waals surface area contributed by atoms with Gasteiger partial charge in [-0.25, -0.2) is 0 Å². The van der Waals surface area contributed by atoms with E-state index in [0.29, 0.717) is 45.6 Å². The summed E-state index contributed by atoms with van der Waals surface area (Å²) in [6.07, 6.45) is 7.30. The number of pyridine rings is 1. The molecule has 4 aromatic rings. The number of thioether (sulfide) groups is 1. The van der Waals surface area contributed by atoms with Crippen molar-refractivity contribution in [3.63, 3.8) is 0 Å². The minimum Gasteiger partial charge on any atom is -0.489 e. The number of carbonyl (C=O) groups excluding carboxylic acids is 1. The molecule has 12 heteroatoms. The molecule has 11 nitrogen and oxygen atoms in total. The van der Waals surface area contributed by atoms with E-state index in [1.54, 1.807) is 60.6 Å². The molecule has 2 aromatic carbocycles. The van der Waals surface area contributed by atoms with Gasteiger partial charge in [0.1, 0.15) is 23.7 Å². The van der Waals surface area contributed by atoms with Crippen molar-refractivity contribution >= 4 is 17.7 Å². The van der Waals surface area contributed by atoms with Crippen LogP contribution in [-0.4, -0.2) is 82.5 Å². The predicted molar refractivity (Wildman–Crippen MR) is 181 cm³/mol. The van der Waals surface area contributed by atoms with Crippen LogP contribution < -0.4 is 4.74 Å². The lowest BCUT2D eigenvalue weighted by Crippen LogP contribution is -2.70. The van der Waals surface area contributed by atoms with Gasteiger partial charge in [0.05, 0.1) is 12.1 Å². The Balaban J connectivity index is 0.00000160. The largest absolute Gasteiger partial charge is 0.489 e. The highest BCUT2D eigenvalue weighted by Gasteiger charge is 2.58. The number of hydrogen-bond acceptors (Lipinski definition) is 10. The molecule has 0 radical (unpaired) electrons. The van der Waals surface area contributed by atoms with E-state index < -0.39 is 23.4 Å². The smallest absolute Gasteiger partial charge is 0.358 e. The molecule has 0 bridgehead atoms. The number of fused-ring (bicyclic) bond motifs is 1. The van der Waals surface area contributed by atoms with Crippen LogP contribution in [0.1, 0.15) is 62.2 Å². The fourth-order valence-corrected chi connectivity index (χ4v) is 5.10. The van der Waals surface area contributed by atoms with Crippen molar-refractivity contribution in [3.05, 3.63) is 89.9 Å². The summed E-state index contributed by atoms with van der Waals surface area (Å²) < 4.78 is 12.6. The number of hydrogen-bond donors (Lipinski definition) is 4. The normalized spacial score (nSPS) is 13.7. The first kappa shape index (κ1) is 36.1. The Morgan fingerprint density at radius 3 is 2.02 bits per heavy atom. The van der Waals surface area contributed by atoms with E-state index in [1.807, 2.05) is 24.6 Å². The van der Waals surface area contributed by atoms with E-state index in [9.17, 15) is 25.2 Å². The Morgan fingerprint density at radius 2 is 1.47 bits per heavy atom. The lowest BCUT2D eigenvalue weighted by Gasteiger charge is -2.45. The van der Waals surface area contributed by atoms with E-state index in [1.165, 1.54) is 31.0 Å². The maximum atomic E-state index is 13.9. The Hall–Kier alpha value is -3.78. The first-order valence-corrected chi connectivity index (χ1v) is 16.9. The molecule has 0 atom stereocenters. The molecular weight excluding hydrogens is 620 g/mol. The molecule has 0 spiro atoms. The second-order valence-corrected chi connectivity index (χ2v) is 13.4. The number of aromatic nitrogens is 3. The summed E-state index contributed by atoms with van der Waals surface area (Å²) in [5.41, 5.74) is 3.36. The lowest BCUT2D eigenvalue weighted by atomic mass is 9.98. The number of aliphatic hydroxyl groups is 4. The quantitative estimate of drug-likeness (QED) is 0.183. The van der Waals surface area contributed by atoms with Crippen molar-refractivity contribution < 1.29 is 34.7 Å². The third kappa shape index (κ3) is 8.21. The predicted octanol–water partition coefficient (Wildman–Crippen LogP) is 4.84. The van der Waals surface area contributed by atoms with E-state index in [0.717, 1.165) is 5.56 Å². The number of carbonyl (C=O) groups is 1. The van der Waals surface area contributed by atoms with Gasteiger partial charge in [0.25, 0.3) is 5.91 Å². The summed E-state index contributed by atoms with van der Waals surface area (Å²) in [6, 6.07) is 19.0. The molecular formula is C35H44N4O7S. The summed E-state index contributed by atoms with van der Waals surface area (Å²) >= 11 is 1.75. The van der Waals surface area contributed by atoms with Crippen LogP contribution in [0.4, 0.5) is 0 Å². The Kier molecular flexibility index (Phi) is 11.2. The molecule has 2 aromatic heterocycles. The maximum Gasteiger partial charge on any atom is 0.358 e. The molecule has 1 amide bonds. The Labute approximate surface area is 279 Å². The van der Waals surface area contributed by atoms with Crippen LogP contribution in [0.15, 0.2) is 73.1 Å². The zero-order chi connectivity index (χ0) is 34.6. The van der Waals surface area contributed by atoms with Gasteiger partial charge in [0.2, 0.25) is 0 Å². The number of ether oxygens (including phenoxy) is 2. The molecule has 252 valence electrons. The second kappa shape index (κ2) is 14.5. The van der Waals surface area contributed by atoms with E-state index in [-0.39, 0.29) is 18.8 Å². The molecule has 0 fully saturated rings. The minimum atomic E-state index is -3.49. The third-order valence-electron chi connectivity index (χ3n) is 7.35. The van der Waals surface area contributed by atoms with Gasteiger partial charge < -0.3 is 29.9 Å². The van der Waals surface area contributed by atoms with E-state index >= 15 is 0 Å². The first-order chi connectivity index (χ1) is 22.1. The average Bonchev–Trinajstić information content (AvgIpc) is 3.41. The van der Waals surface area contributed by atoms with E-state index in [2.05, 4.69) is 31.0 Å². The number of amides is 1. The number of benzene rings is 2. The van der Waals surface area contributed by atoms with Crippen molar-refractivity contribution in [2.75, 3.05) is 19.1 Å². The van der Waals surface area contributed by atoms with Crippen LogP contribution in [0.3, 0.4) is 0 Å². The van der Waals surface area contributed by atoms with Crippen LogP contribution >= 0.6 is 11.8 Å². The molecule has 0 unspecified atom stereocenters. The molecule has 47 heavy (non-hydrogen) atoms. The van der Waals surface area contributed by atoms with Gasteiger partial charge in [0, 0.05) is 30.1 Å². The van der Waals surface area contributed by atoms with Crippen LogP contribution in [0.5, 0.6) is 5.75 Å². The third-order valence-corrected chi connectivity index (χ3v) is 7.35. The molecule has 0 saturated heterocycles. The summed E-state index contributed by atoms with van der Waals surface area (Å²) in [7, 11) is 0. The molecule has 1 aliphatic heterocycles. The van der Waals surface area contributed by atoms with Crippen molar-refractivity contribution in [1.82, 2.24) is 19.7 Å². The molecule has 0 saturated carbocycles. The summed E-state index contributed by atoms with van der Waals surface area (Å²) in [5, 5.41) is 47.7. The van der Waals surface area contributed by atoms with E-state index in [4.69, 9.17) is 14.6 Å². The van der Waals surface area contributed by atoms with Gasteiger partial charge in [-0.1, -0.05) is 50.2 Å². The highest BCUT2D eigenvalue weighted by Crippen LogP contribution is 2.39. The van der Waals surface area contributed by atoms with Crippen LogP contribution in [0.2, 0.25) is 0 Å². The topological polar surface area (TPSA) is 150 Å². The minimum absolute atomic E-state index is 0.0426. The molecule has 3 heterocycles. The van der Waals surface area contributed by atoms with Gasteiger partial charge in [-0.2, -0.15) is 16.9 Å². The van der Waals surface area contributed by atoms with Crippen molar-refractivity contribution in [1.29, 1.82) is 0 Å². The fourth-order valence-electron chi connectivity index (χ4n) is 5.10. The lowest BCUT2D eigenvalue weighted by molar-refractivity contribution is -0.504. The zero-order valence-electron chi connectivity index (χ0n) is 27.8. The summed E-state index contributed by atoms with van der Waals surface area (Å²) in [4.78, 5) is 18.6. The standard InChI is InChI=1S/C33H38N4O7.C2H6S/c1-21(2)23-8-6-22(7-9-23)20-43-26-12-10-24(11-13-26)27-28(25-14-16-34-17-15-25)35-37-19-18-36(30(38)29(27)37)32(39,40)33(41,42)44-31(3,4)5;1-3-2/h6-17,21,39-42H,18-20H2,1-5H3;1-2H3. The monoisotopic (exact) mass is 664 g/mol. The van der Waals surface area contributed by atoms with Crippen LogP contribution in [0, 0.1) is 0 Å². The summed E-state index contributed by atoms with van der Waals surface area (Å²) in [6.45, 7) is 8.96. The molecule has 5 rings (SSSR count). The SMILES string of the molecule is CC(C)c1ccc(COc2ccc(-c3c(-c4ccncc4)nn4c3C(=O)N(C(O)(O)C(O)(O)OC(C)(C)C)CC4)cc2)cc1.CSC. The van der Waals surface area contributed by atoms with Crippen LogP contribution in [0.25, 0.3) is 22.4 Å². The van der Waals surface area contributed by atoms with Gasteiger partial charge in [-0.05, 0) is 80.2 Å². The van der Waals surface area contributed by atoms with Gasteiger partial charge in [-0.3, -0.25) is 19.4 Å². The molecule has 1 aliphatic rings. The van der Waals surface area contributed by atoms with Gasteiger partial charge in [0.15, 0.2) is 0 Å².